The fraction of sp³-hybridized carbons (Fsp3) is 0.588. The van der Waals surface area contributed by atoms with E-state index in [4.69, 9.17) is 5.11 Å². The number of aromatic carboxylic acids is 1. The first-order valence-electron chi connectivity index (χ1n) is 7.70. The summed E-state index contributed by atoms with van der Waals surface area (Å²) in [5, 5.41) is 9.17. The molecule has 2 N–H and O–H groups in total. The lowest BCUT2D eigenvalue weighted by molar-refractivity contribution is 0.0692. The molecule has 0 heterocycles. The first-order valence-corrected chi connectivity index (χ1v) is 9.19. The van der Waals surface area contributed by atoms with Gasteiger partial charge in [-0.2, -0.15) is 0 Å². The van der Waals surface area contributed by atoms with E-state index in [9.17, 15) is 13.2 Å². The van der Waals surface area contributed by atoms with E-state index < -0.39 is 21.5 Å². The van der Waals surface area contributed by atoms with E-state index >= 15 is 0 Å². The van der Waals surface area contributed by atoms with Crippen molar-refractivity contribution in [2.24, 2.45) is 5.41 Å². The minimum absolute atomic E-state index is 0.198. The number of rotatable bonds is 7. The number of hydrogen-bond donors (Lipinski definition) is 2. The Morgan fingerprint density at radius 2 is 1.65 bits per heavy atom. The predicted octanol–water partition coefficient (Wildman–Crippen LogP) is 3.66. The van der Waals surface area contributed by atoms with Gasteiger partial charge in [0.1, 0.15) is 0 Å². The molecule has 0 radical (unpaired) electrons. The van der Waals surface area contributed by atoms with E-state index in [2.05, 4.69) is 25.5 Å². The maximum absolute atomic E-state index is 12.6. The highest BCUT2D eigenvalue weighted by atomic mass is 32.2. The van der Waals surface area contributed by atoms with Gasteiger partial charge in [0.2, 0.25) is 10.0 Å². The summed E-state index contributed by atoms with van der Waals surface area (Å²) in [5.41, 5.74) is -0.661. The van der Waals surface area contributed by atoms with Gasteiger partial charge in [0, 0.05) is 5.54 Å². The molecule has 0 bridgehead atoms. The summed E-state index contributed by atoms with van der Waals surface area (Å²) in [7, 11) is -3.89. The Labute approximate surface area is 139 Å². The van der Waals surface area contributed by atoms with Crippen LogP contribution in [0.25, 0.3) is 0 Å². The molecule has 1 rings (SSSR count). The number of carbonyl (C=O) groups is 1. The number of carboxylic acid groups (broad SMARTS) is 1. The maximum Gasteiger partial charge on any atom is 0.337 e. The van der Waals surface area contributed by atoms with Gasteiger partial charge in [-0.15, -0.1) is 0 Å². The van der Waals surface area contributed by atoms with E-state index in [0.717, 1.165) is 12.8 Å². The first-order chi connectivity index (χ1) is 10.3. The zero-order valence-corrected chi connectivity index (χ0v) is 15.3. The Kier molecular flexibility index (Phi) is 5.99. The third-order valence-electron chi connectivity index (χ3n) is 3.55. The van der Waals surface area contributed by atoms with Crippen molar-refractivity contribution in [1.29, 1.82) is 0 Å². The number of carboxylic acids is 1. The SMILES string of the molecule is CC(C)(C)CCCC(C)(C)NS(=O)(=O)c1ccccc1C(=O)O. The molecule has 0 fully saturated rings. The van der Waals surface area contributed by atoms with E-state index in [-0.39, 0.29) is 15.9 Å². The van der Waals surface area contributed by atoms with Crippen molar-refractivity contribution in [2.75, 3.05) is 0 Å². The van der Waals surface area contributed by atoms with E-state index in [1.54, 1.807) is 0 Å². The van der Waals surface area contributed by atoms with Gasteiger partial charge in [0.15, 0.2) is 0 Å². The normalized spacial score (nSPS) is 13.1. The van der Waals surface area contributed by atoms with Crippen LogP contribution in [0.2, 0.25) is 0 Å². The molecular weight excluding hydrogens is 314 g/mol. The Morgan fingerprint density at radius 1 is 1.09 bits per heavy atom. The zero-order valence-electron chi connectivity index (χ0n) is 14.5. The Bertz CT molecular complexity index is 657. The highest BCUT2D eigenvalue weighted by Crippen LogP contribution is 2.26. The molecule has 0 aliphatic heterocycles. The molecule has 0 aliphatic carbocycles. The standard InChI is InChI=1S/C17H27NO4S/c1-16(2,3)11-8-12-17(4,5)18-23(21,22)14-10-7-6-9-13(14)15(19)20/h6-7,9-10,18H,8,11-12H2,1-5H3,(H,19,20). The molecular formula is C17H27NO4S. The van der Waals surface area contributed by atoms with Crippen LogP contribution in [-0.2, 0) is 10.0 Å². The summed E-state index contributed by atoms with van der Waals surface area (Å²) in [5.74, 6) is -1.25. The average Bonchev–Trinajstić information content (AvgIpc) is 2.35. The fourth-order valence-electron chi connectivity index (χ4n) is 2.41. The van der Waals surface area contributed by atoms with Gasteiger partial charge in [0.25, 0.3) is 0 Å². The van der Waals surface area contributed by atoms with E-state index in [1.807, 2.05) is 13.8 Å². The molecule has 0 spiro atoms. The summed E-state index contributed by atoms with van der Waals surface area (Å²) in [6.45, 7) is 10.1. The largest absolute Gasteiger partial charge is 0.478 e. The van der Waals surface area contributed by atoms with Gasteiger partial charge in [-0.25, -0.2) is 17.9 Å². The van der Waals surface area contributed by atoms with Crippen LogP contribution < -0.4 is 4.72 Å². The third kappa shape index (κ3) is 6.31. The third-order valence-corrected chi connectivity index (χ3v) is 5.30. The van der Waals surface area contributed by atoms with Crippen molar-refractivity contribution >= 4 is 16.0 Å². The molecule has 1 aromatic rings. The molecule has 0 aliphatic rings. The smallest absolute Gasteiger partial charge is 0.337 e. The lowest BCUT2D eigenvalue weighted by Crippen LogP contribution is -2.43. The lowest BCUT2D eigenvalue weighted by Gasteiger charge is -2.28. The average molecular weight is 341 g/mol. The molecule has 23 heavy (non-hydrogen) atoms. The molecule has 5 nitrogen and oxygen atoms in total. The van der Waals surface area contributed by atoms with Gasteiger partial charge >= 0.3 is 5.97 Å². The summed E-state index contributed by atoms with van der Waals surface area (Å²) in [6.07, 6.45) is 2.56. The maximum atomic E-state index is 12.6. The minimum atomic E-state index is -3.89. The van der Waals surface area contributed by atoms with Crippen LogP contribution in [0, 0.1) is 5.41 Å². The molecule has 1 aromatic carbocycles. The van der Waals surface area contributed by atoms with Gasteiger partial charge in [0.05, 0.1) is 10.5 Å². The second kappa shape index (κ2) is 7.01. The molecule has 0 saturated carbocycles. The van der Waals surface area contributed by atoms with Gasteiger partial charge in [-0.05, 0) is 44.2 Å². The quantitative estimate of drug-likeness (QED) is 0.793. The summed E-state index contributed by atoms with van der Waals surface area (Å²) in [6, 6.07) is 5.64. The lowest BCUT2D eigenvalue weighted by atomic mass is 9.87. The van der Waals surface area contributed by atoms with Gasteiger partial charge in [-0.3, -0.25) is 0 Å². The fourth-order valence-corrected chi connectivity index (χ4v) is 4.05. The molecule has 0 atom stereocenters. The molecule has 0 unspecified atom stereocenters. The molecule has 0 amide bonds. The molecule has 130 valence electrons. The first kappa shape index (κ1) is 19.6. The van der Waals surface area contributed by atoms with Crippen LogP contribution >= 0.6 is 0 Å². The Morgan fingerprint density at radius 3 is 2.17 bits per heavy atom. The van der Waals surface area contributed by atoms with Crippen LogP contribution in [-0.4, -0.2) is 25.0 Å². The highest BCUT2D eigenvalue weighted by Gasteiger charge is 2.29. The van der Waals surface area contributed by atoms with Crippen molar-refractivity contribution in [3.8, 4) is 0 Å². The number of sulfonamides is 1. The van der Waals surface area contributed by atoms with Crippen LogP contribution in [0.15, 0.2) is 29.2 Å². The number of hydrogen-bond acceptors (Lipinski definition) is 3. The van der Waals surface area contributed by atoms with Crippen LogP contribution in [0.1, 0.15) is 64.2 Å². The van der Waals surface area contributed by atoms with Crippen LogP contribution in [0.4, 0.5) is 0 Å². The number of benzene rings is 1. The van der Waals surface area contributed by atoms with E-state index in [0.29, 0.717) is 6.42 Å². The van der Waals surface area contributed by atoms with Crippen molar-refractivity contribution in [1.82, 2.24) is 4.72 Å². The van der Waals surface area contributed by atoms with Crippen LogP contribution in [0.5, 0.6) is 0 Å². The minimum Gasteiger partial charge on any atom is -0.478 e. The van der Waals surface area contributed by atoms with Crippen molar-refractivity contribution in [3.05, 3.63) is 29.8 Å². The summed E-state index contributed by atoms with van der Waals surface area (Å²) in [4.78, 5) is 11.0. The molecule has 0 aromatic heterocycles. The second-order valence-corrected chi connectivity index (χ2v) is 9.36. The predicted molar refractivity (Wildman–Crippen MR) is 91.1 cm³/mol. The van der Waals surface area contributed by atoms with Crippen molar-refractivity contribution in [3.63, 3.8) is 0 Å². The van der Waals surface area contributed by atoms with Crippen molar-refractivity contribution in [2.45, 2.75) is 64.3 Å². The topological polar surface area (TPSA) is 83.5 Å². The second-order valence-electron chi connectivity index (χ2n) is 7.70. The van der Waals surface area contributed by atoms with Gasteiger partial charge < -0.3 is 5.11 Å². The molecule has 6 heteroatoms. The van der Waals surface area contributed by atoms with Crippen molar-refractivity contribution < 1.29 is 18.3 Å². The van der Waals surface area contributed by atoms with Gasteiger partial charge in [-0.1, -0.05) is 39.3 Å². The Balaban J connectivity index is 2.92. The Hall–Kier alpha value is -1.40. The number of nitrogens with one attached hydrogen (secondary N) is 1. The monoisotopic (exact) mass is 341 g/mol. The summed E-state index contributed by atoms with van der Waals surface area (Å²) >= 11 is 0. The van der Waals surface area contributed by atoms with E-state index in [1.165, 1.54) is 24.3 Å². The van der Waals surface area contributed by atoms with Crippen LogP contribution in [0.3, 0.4) is 0 Å². The zero-order chi connectivity index (χ0) is 17.9. The highest BCUT2D eigenvalue weighted by molar-refractivity contribution is 7.89. The summed E-state index contributed by atoms with van der Waals surface area (Å²) < 4.78 is 27.8. The molecule has 0 saturated heterocycles.